The lowest BCUT2D eigenvalue weighted by Gasteiger charge is -2.21. The molecule has 0 bridgehead atoms. The van der Waals surface area contributed by atoms with Gasteiger partial charge >= 0.3 is 0 Å². The number of nitrogens with zero attached hydrogens (tertiary/aromatic N) is 2. The summed E-state index contributed by atoms with van der Waals surface area (Å²) in [5.74, 6) is -1.39. The highest BCUT2D eigenvalue weighted by Crippen LogP contribution is 2.34. The van der Waals surface area contributed by atoms with Crippen LogP contribution in [0.3, 0.4) is 0 Å². The number of hydrogen-bond acceptors (Lipinski definition) is 4. The number of amides is 1. The number of aliphatic imine (C=N–C) groups is 1. The maximum absolute atomic E-state index is 14.1. The van der Waals surface area contributed by atoms with Crippen LogP contribution in [0, 0.1) is 17.6 Å². The second-order valence-electron chi connectivity index (χ2n) is 6.93. The Morgan fingerprint density at radius 1 is 1.07 bits per heavy atom. The van der Waals surface area contributed by atoms with Crippen LogP contribution in [-0.2, 0) is 4.79 Å². The maximum atomic E-state index is 14.1. The lowest BCUT2D eigenvalue weighted by Crippen LogP contribution is -2.39. The molecule has 0 aromatic heterocycles. The Morgan fingerprint density at radius 3 is 2.39 bits per heavy atom. The summed E-state index contributed by atoms with van der Waals surface area (Å²) < 4.78 is 28.1. The quantitative estimate of drug-likeness (QED) is 0.640. The molecule has 1 amide bonds. The molecular formula is C20H21F2IN4O. The van der Waals surface area contributed by atoms with E-state index in [0.29, 0.717) is 19.0 Å². The summed E-state index contributed by atoms with van der Waals surface area (Å²) in [5, 5.41) is 3.11. The third kappa shape index (κ3) is 3.82. The van der Waals surface area contributed by atoms with Crippen molar-refractivity contribution in [3.63, 3.8) is 0 Å². The minimum Gasteiger partial charge on any atom is -0.369 e. The average molecular weight is 498 g/mol. The van der Waals surface area contributed by atoms with Crippen LogP contribution in [0.25, 0.3) is 0 Å². The molecule has 5 nitrogen and oxygen atoms in total. The van der Waals surface area contributed by atoms with E-state index in [1.807, 2.05) is 35.2 Å². The molecule has 1 fully saturated rings. The summed E-state index contributed by atoms with van der Waals surface area (Å²) in [6, 6.07) is 13.0. The number of rotatable bonds is 3. The lowest BCUT2D eigenvalue weighted by atomic mass is 9.89. The Balaban J connectivity index is 0.00000225. The Labute approximate surface area is 179 Å². The fourth-order valence-electron chi connectivity index (χ4n) is 3.93. The summed E-state index contributed by atoms with van der Waals surface area (Å²) >= 11 is 0. The van der Waals surface area contributed by atoms with Crippen LogP contribution >= 0.6 is 24.0 Å². The number of primary amides is 1. The first-order chi connectivity index (χ1) is 13.0. The molecule has 1 saturated heterocycles. The van der Waals surface area contributed by atoms with E-state index < -0.39 is 17.7 Å². The molecule has 0 spiro atoms. The third-order valence-corrected chi connectivity index (χ3v) is 5.29. The first-order valence-corrected chi connectivity index (χ1v) is 8.88. The van der Waals surface area contributed by atoms with Gasteiger partial charge in [-0.15, -0.1) is 24.0 Å². The van der Waals surface area contributed by atoms with E-state index in [2.05, 4.69) is 10.3 Å². The zero-order valence-corrected chi connectivity index (χ0v) is 17.3. The van der Waals surface area contributed by atoms with Crippen molar-refractivity contribution in [2.45, 2.75) is 12.0 Å². The van der Waals surface area contributed by atoms with E-state index >= 15 is 0 Å². The number of carbonyl (C=O) groups is 1. The van der Waals surface area contributed by atoms with Crippen molar-refractivity contribution in [1.29, 1.82) is 0 Å². The molecule has 2 aromatic carbocycles. The smallest absolute Gasteiger partial charge is 0.223 e. The van der Waals surface area contributed by atoms with E-state index in [1.165, 1.54) is 18.2 Å². The number of carbonyl (C=O) groups excluding carboxylic acids is 1. The first-order valence-electron chi connectivity index (χ1n) is 8.88. The minimum atomic E-state index is -0.595. The van der Waals surface area contributed by atoms with Crippen molar-refractivity contribution < 1.29 is 13.6 Å². The van der Waals surface area contributed by atoms with Crippen molar-refractivity contribution in [3.05, 3.63) is 71.3 Å². The van der Waals surface area contributed by atoms with Crippen molar-refractivity contribution in [1.82, 2.24) is 10.2 Å². The van der Waals surface area contributed by atoms with E-state index in [4.69, 9.17) is 5.73 Å². The second kappa shape index (κ2) is 8.42. The standard InChI is InChI=1S/C20H20F2N4O.HI/c21-15-7-4-8-16(22)18(15)17-9-24-20(25-17)26-10-13(14(11-26)19(23)27)12-5-2-1-3-6-12;/h1-8,13-14,17H,9-11H2,(H2,23,27)(H,24,25);1H/t13-,14+,17?;/m0./s1. The predicted octanol–water partition coefficient (Wildman–Crippen LogP) is 2.78. The number of guanidine groups is 1. The van der Waals surface area contributed by atoms with Gasteiger partial charge < -0.3 is 16.0 Å². The lowest BCUT2D eigenvalue weighted by molar-refractivity contribution is -0.121. The summed E-state index contributed by atoms with van der Waals surface area (Å²) in [5.41, 5.74) is 6.65. The summed E-state index contributed by atoms with van der Waals surface area (Å²) in [4.78, 5) is 18.3. The molecule has 2 aromatic rings. The zero-order chi connectivity index (χ0) is 19.0. The van der Waals surface area contributed by atoms with Gasteiger partial charge in [0.1, 0.15) is 11.6 Å². The molecular weight excluding hydrogens is 477 g/mol. The molecule has 2 heterocycles. The molecule has 3 N–H and O–H groups in total. The molecule has 0 aliphatic carbocycles. The molecule has 2 aliphatic rings. The molecule has 8 heteroatoms. The largest absolute Gasteiger partial charge is 0.369 e. The first kappa shape index (κ1) is 20.5. The number of nitrogens with two attached hydrogens (primary N) is 1. The van der Waals surface area contributed by atoms with Crippen LogP contribution in [0.2, 0.25) is 0 Å². The van der Waals surface area contributed by atoms with Crippen molar-refractivity contribution in [3.8, 4) is 0 Å². The van der Waals surface area contributed by atoms with Gasteiger partial charge in [-0.25, -0.2) is 8.78 Å². The molecule has 0 saturated carbocycles. The van der Waals surface area contributed by atoms with Crippen molar-refractivity contribution in [2.75, 3.05) is 19.6 Å². The topological polar surface area (TPSA) is 70.7 Å². The number of likely N-dealkylation sites (tertiary alicyclic amines) is 1. The Kier molecular flexibility index (Phi) is 6.17. The van der Waals surface area contributed by atoms with E-state index in [-0.39, 0.29) is 53.8 Å². The van der Waals surface area contributed by atoms with E-state index in [9.17, 15) is 13.6 Å². The van der Waals surface area contributed by atoms with Crippen molar-refractivity contribution >= 4 is 35.8 Å². The van der Waals surface area contributed by atoms with Gasteiger partial charge in [0.05, 0.1) is 18.5 Å². The Morgan fingerprint density at radius 2 is 1.75 bits per heavy atom. The fraction of sp³-hybridized carbons (Fsp3) is 0.300. The minimum absolute atomic E-state index is 0. The molecule has 1 unspecified atom stereocenters. The van der Waals surface area contributed by atoms with Gasteiger partial charge in [-0.3, -0.25) is 9.79 Å². The van der Waals surface area contributed by atoms with Gasteiger partial charge in [0, 0.05) is 24.6 Å². The van der Waals surface area contributed by atoms with Gasteiger partial charge in [-0.05, 0) is 17.7 Å². The van der Waals surface area contributed by atoms with Gasteiger partial charge in [0.25, 0.3) is 0 Å². The molecule has 3 atom stereocenters. The number of benzene rings is 2. The molecule has 28 heavy (non-hydrogen) atoms. The maximum Gasteiger partial charge on any atom is 0.223 e. The highest BCUT2D eigenvalue weighted by atomic mass is 127. The van der Waals surface area contributed by atoms with Crippen LogP contribution in [0.15, 0.2) is 53.5 Å². The third-order valence-electron chi connectivity index (χ3n) is 5.29. The highest BCUT2D eigenvalue weighted by molar-refractivity contribution is 14.0. The van der Waals surface area contributed by atoms with Gasteiger partial charge in [-0.2, -0.15) is 0 Å². The Hall–Kier alpha value is -2.23. The van der Waals surface area contributed by atoms with E-state index in [0.717, 1.165) is 5.56 Å². The normalized spacial score (nSPS) is 23.7. The van der Waals surface area contributed by atoms with Crippen molar-refractivity contribution in [2.24, 2.45) is 16.6 Å². The number of halogens is 3. The zero-order valence-electron chi connectivity index (χ0n) is 15.0. The van der Waals surface area contributed by atoms with Gasteiger partial charge in [0.15, 0.2) is 5.96 Å². The number of nitrogens with one attached hydrogen (secondary N) is 1. The van der Waals surface area contributed by atoms with Crippen LogP contribution in [0.5, 0.6) is 0 Å². The molecule has 2 aliphatic heterocycles. The van der Waals surface area contributed by atoms with Crippen LogP contribution in [0.1, 0.15) is 23.1 Å². The van der Waals surface area contributed by atoms with Crippen LogP contribution < -0.4 is 11.1 Å². The summed E-state index contributed by atoms with van der Waals surface area (Å²) in [6.45, 7) is 1.23. The van der Waals surface area contributed by atoms with Gasteiger partial charge in [-0.1, -0.05) is 36.4 Å². The predicted molar refractivity (Wildman–Crippen MR) is 113 cm³/mol. The fourth-order valence-corrected chi connectivity index (χ4v) is 3.93. The average Bonchev–Trinajstić information content (AvgIpc) is 3.29. The second-order valence-corrected chi connectivity index (χ2v) is 6.93. The molecule has 0 radical (unpaired) electrons. The molecule has 148 valence electrons. The van der Waals surface area contributed by atoms with E-state index in [1.54, 1.807) is 0 Å². The summed E-state index contributed by atoms with van der Waals surface area (Å²) in [6.07, 6.45) is 0. The monoisotopic (exact) mass is 498 g/mol. The van der Waals surface area contributed by atoms with Gasteiger partial charge in [0.2, 0.25) is 5.91 Å². The SMILES string of the molecule is I.NC(=O)[C@@H]1CN(C2=NCC(c3c(F)cccc3F)N2)C[C@H]1c1ccccc1. The number of hydrogen-bond donors (Lipinski definition) is 2. The summed E-state index contributed by atoms with van der Waals surface area (Å²) in [7, 11) is 0. The van der Waals surface area contributed by atoms with Crippen LogP contribution in [0.4, 0.5) is 8.78 Å². The Bertz CT molecular complexity index is 873. The van der Waals surface area contributed by atoms with Crippen LogP contribution in [-0.4, -0.2) is 36.4 Å². The highest BCUT2D eigenvalue weighted by Gasteiger charge is 2.40. The molecule has 4 rings (SSSR count).